The summed E-state index contributed by atoms with van der Waals surface area (Å²) in [6.45, 7) is 0. The first-order valence-corrected chi connectivity index (χ1v) is 4.66. The minimum atomic E-state index is 0.508. The Labute approximate surface area is 73.6 Å². The molecular formula is C11H15N. The summed E-state index contributed by atoms with van der Waals surface area (Å²) < 4.78 is 0. The van der Waals surface area contributed by atoms with Crippen molar-refractivity contribution in [3.8, 4) is 0 Å². The second-order valence-corrected chi connectivity index (χ2v) is 3.68. The van der Waals surface area contributed by atoms with Crippen molar-refractivity contribution < 1.29 is 0 Å². The molecule has 12 heavy (non-hydrogen) atoms. The van der Waals surface area contributed by atoms with Crippen LogP contribution in [0.1, 0.15) is 18.4 Å². The lowest BCUT2D eigenvalue weighted by molar-refractivity contribution is 0.699. The Hall–Kier alpha value is -0.820. The third-order valence-corrected chi connectivity index (χ3v) is 2.62. The summed E-state index contributed by atoms with van der Waals surface area (Å²) in [5.41, 5.74) is 7.17. The molecule has 1 saturated carbocycles. The molecule has 1 aliphatic rings. The molecule has 1 fully saturated rings. The van der Waals surface area contributed by atoms with Gasteiger partial charge < -0.3 is 5.73 Å². The number of hydrogen-bond donors (Lipinski definition) is 1. The van der Waals surface area contributed by atoms with Crippen molar-refractivity contribution >= 4 is 0 Å². The Balaban J connectivity index is 1.80. The molecule has 0 aliphatic heterocycles. The van der Waals surface area contributed by atoms with Crippen LogP contribution in [0.5, 0.6) is 0 Å². The molecule has 0 radical (unpaired) electrons. The van der Waals surface area contributed by atoms with Crippen LogP contribution in [-0.2, 0) is 6.42 Å². The molecule has 1 aromatic carbocycles. The highest BCUT2D eigenvalue weighted by molar-refractivity contribution is 5.15. The summed E-state index contributed by atoms with van der Waals surface area (Å²) in [5, 5.41) is 0. The summed E-state index contributed by atoms with van der Waals surface area (Å²) >= 11 is 0. The summed E-state index contributed by atoms with van der Waals surface area (Å²) in [5.74, 6) is 0.810. The summed E-state index contributed by atoms with van der Waals surface area (Å²) in [6, 6.07) is 11.1. The molecule has 1 heteroatoms. The smallest absolute Gasteiger partial charge is 0.00710 e. The molecule has 0 spiro atoms. The molecule has 1 unspecified atom stereocenters. The molecule has 64 valence electrons. The molecule has 2 rings (SSSR count). The van der Waals surface area contributed by atoms with E-state index in [1.165, 1.54) is 24.8 Å². The van der Waals surface area contributed by atoms with Crippen LogP contribution in [0.15, 0.2) is 30.3 Å². The standard InChI is InChI=1S/C11H15N/c12-11-8-10(11)7-6-9-4-2-1-3-5-9/h1-5,10-11H,6-8,12H2/t10?,11-/m0/s1. The zero-order chi connectivity index (χ0) is 8.39. The summed E-state index contributed by atoms with van der Waals surface area (Å²) in [7, 11) is 0. The van der Waals surface area contributed by atoms with E-state index in [0.717, 1.165) is 5.92 Å². The Morgan fingerprint density at radius 1 is 1.25 bits per heavy atom. The molecule has 2 N–H and O–H groups in total. The first-order valence-electron chi connectivity index (χ1n) is 4.66. The van der Waals surface area contributed by atoms with Crippen LogP contribution in [0.25, 0.3) is 0 Å². The molecule has 0 aromatic heterocycles. The lowest BCUT2D eigenvalue weighted by atomic mass is 10.1. The highest BCUT2D eigenvalue weighted by Gasteiger charge is 2.32. The second-order valence-electron chi connectivity index (χ2n) is 3.68. The number of aryl methyl sites for hydroxylation is 1. The maximum absolute atomic E-state index is 5.73. The van der Waals surface area contributed by atoms with Crippen molar-refractivity contribution in [1.82, 2.24) is 0 Å². The van der Waals surface area contributed by atoms with Gasteiger partial charge in [0, 0.05) is 6.04 Å². The van der Waals surface area contributed by atoms with Crippen molar-refractivity contribution in [3.05, 3.63) is 35.9 Å². The largest absolute Gasteiger partial charge is 0.327 e. The molecular weight excluding hydrogens is 146 g/mol. The van der Waals surface area contributed by atoms with Crippen molar-refractivity contribution in [2.24, 2.45) is 11.7 Å². The SMILES string of the molecule is N[C@H]1CC1CCc1ccccc1. The Kier molecular flexibility index (Phi) is 2.13. The molecule has 1 nitrogen and oxygen atoms in total. The fraction of sp³-hybridized carbons (Fsp3) is 0.455. The fourth-order valence-electron chi connectivity index (χ4n) is 1.60. The Bertz CT molecular complexity index is 242. The van der Waals surface area contributed by atoms with Gasteiger partial charge in [-0.05, 0) is 30.7 Å². The molecule has 1 aliphatic carbocycles. The average molecular weight is 161 g/mol. The van der Waals surface area contributed by atoms with Crippen molar-refractivity contribution in [3.63, 3.8) is 0 Å². The topological polar surface area (TPSA) is 26.0 Å². The third-order valence-electron chi connectivity index (χ3n) is 2.62. The lowest BCUT2D eigenvalue weighted by Gasteiger charge is -1.98. The maximum Gasteiger partial charge on any atom is 0.00710 e. The monoisotopic (exact) mass is 161 g/mol. The minimum absolute atomic E-state index is 0.508. The van der Waals surface area contributed by atoms with Crippen molar-refractivity contribution in [1.29, 1.82) is 0 Å². The van der Waals surface area contributed by atoms with Gasteiger partial charge in [-0.1, -0.05) is 30.3 Å². The molecule has 0 saturated heterocycles. The van der Waals surface area contributed by atoms with Crippen LogP contribution in [0.4, 0.5) is 0 Å². The van der Waals surface area contributed by atoms with E-state index < -0.39 is 0 Å². The van der Waals surface area contributed by atoms with Gasteiger partial charge in [-0.2, -0.15) is 0 Å². The molecule has 0 bridgehead atoms. The predicted molar refractivity (Wildman–Crippen MR) is 50.8 cm³/mol. The summed E-state index contributed by atoms with van der Waals surface area (Å²) in [6.07, 6.45) is 3.71. The summed E-state index contributed by atoms with van der Waals surface area (Å²) in [4.78, 5) is 0. The van der Waals surface area contributed by atoms with E-state index in [1.807, 2.05) is 0 Å². The number of nitrogens with two attached hydrogens (primary N) is 1. The Morgan fingerprint density at radius 3 is 2.50 bits per heavy atom. The third kappa shape index (κ3) is 1.86. The average Bonchev–Trinajstić information content (AvgIpc) is 2.81. The van der Waals surface area contributed by atoms with Crippen LogP contribution >= 0.6 is 0 Å². The van der Waals surface area contributed by atoms with Crippen LogP contribution in [0.3, 0.4) is 0 Å². The maximum atomic E-state index is 5.73. The van der Waals surface area contributed by atoms with Gasteiger partial charge in [-0.3, -0.25) is 0 Å². The second kappa shape index (κ2) is 3.28. The number of rotatable bonds is 3. The predicted octanol–water partition coefficient (Wildman–Crippen LogP) is 1.97. The van der Waals surface area contributed by atoms with Gasteiger partial charge in [0.15, 0.2) is 0 Å². The zero-order valence-electron chi connectivity index (χ0n) is 7.24. The first kappa shape index (κ1) is 7.81. The van der Waals surface area contributed by atoms with Gasteiger partial charge in [-0.25, -0.2) is 0 Å². The zero-order valence-corrected chi connectivity index (χ0v) is 7.24. The van der Waals surface area contributed by atoms with E-state index in [2.05, 4.69) is 30.3 Å². The van der Waals surface area contributed by atoms with E-state index in [0.29, 0.717) is 6.04 Å². The van der Waals surface area contributed by atoms with E-state index in [-0.39, 0.29) is 0 Å². The van der Waals surface area contributed by atoms with Crippen LogP contribution in [0, 0.1) is 5.92 Å². The van der Waals surface area contributed by atoms with Gasteiger partial charge >= 0.3 is 0 Å². The first-order chi connectivity index (χ1) is 5.86. The van der Waals surface area contributed by atoms with Gasteiger partial charge in [0.2, 0.25) is 0 Å². The molecule has 2 atom stereocenters. The van der Waals surface area contributed by atoms with Crippen LogP contribution in [-0.4, -0.2) is 6.04 Å². The van der Waals surface area contributed by atoms with Crippen LogP contribution in [0.2, 0.25) is 0 Å². The lowest BCUT2D eigenvalue weighted by Crippen LogP contribution is -2.02. The highest BCUT2D eigenvalue weighted by Crippen LogP contribution is 2.32. The van der Waals surface area contributed by atoms with E-state index in [9.17, 15) is 0 Å². The van der Waals surface area contributed by atoms with Gasteiger partial charge in [0.25, 0.3) is 0 Å². The molecule has 0 heterocycles. The normalized spacial score (nSPS) is 27.1. The van der Waals surface area contributed by atoms with Crippen LogP contribution < -0.4 is 5.73 Å². The molecule has 0 amide bonds. The van der Waals surface area contributed by atoms with E-state index in [4.69, 9.17) is 5.73 Å². The highest BCUT2D eigenvalue weighted by atomic mass is 14.7. The van der Waals surface area contributed by atoms with Crippen molar-refractivity contribution in [2.75, 3.05) is 0 Å². The molecule has 1 aromatic rings. The quantitative estimate of drug-likeness (QED) is 0.720. The van der Waals surface area contributed by atoms with Crippen molar-refractivity contribution in [2.45, 2.75) is 25.3 Å². The minimum Gasteiger partial charge on any atom is -0.327 e. The van der Waals surface area contributed by atoms with Gasteiger partial charge in [0.1, 0.15) is 0 Å². The Morgan fingerprint density at radius 2 is 1.92 bits per heavy atom. The fourth-order valence-corrected chi connectivity index (χ4v) is 1.60. The number of benzene rings is 1. The van der Waals surface area contributed by atoms with E-state index >= 15 is 0 Å². The van der Waals surface area contributed by atoms with E-state index in [1.54, 1.807) is 0 Å². The number of hydrogen-bond acceptors (Lipinski definition) is 1. The van der Waals surface area contributed by atoms with Gasteiger partial charge in [-0.15, -0.1) is 0 Å². The van der Waals surface area contributed by atoms with Gasteiger partial charge in [0.05, 0.1) is 0 Å².